The van der Waals surface area contributed by atoms with E-state index in [0.29, 0.717) is 5.92 Å². The van der Waals surface area contributed by atoms with Crippen LogP contribution >= 0.6 is 0 Å². The number of hydrogen-bond donors (Lipinski definition) is 0. The molecule has 0 aromatic carbocycles. The van der Waals surface area contributed by atoms with Gasteiger partial charge in [-0.15, -0.1) is 0 Å². The van der Waals surface area contributed by atoms with Gasteiger partial charge in [0.05, 0.1) is 5.54 Å². The van der Waals surface area contributed by atoms with E-state index in [9.17, 15) is 0 Å². The second-order valence-electron chi connectivity index (χ2n) is 9.78. The van der Waals surface area contributed by atoms with Gasteiger partial charge in [0.2, 0.25) is 0 Å². The molecule has 0 aromatic rings. The first kappa shape index (κ1) is 25.5. The lowest BCUT2D eigenvalue weighted by Crippen LogP contribution is -2.17. The summed E-state index contributed by atoms with van der Waals surface area (Å²) in [5, 5.41) is 0. The van der Waals surface area contributed by atoms with Gasteiger partial charge in [-0.25, -0.2) is 4.99 Å². The maximum Gasteiger partial charge on any atom is 0.187 e. The summed E-state index contributed by atoms with van der Waals surface area (Å²) in [4.78, 5) is 4.91. The molecule has 1 aliphatic heterocycles. The van der Waals surface area contributed by atoms with Crippen LogP contribution in [0.15, 0.2) is 4.99 Å². The van der Waals surface area contributed by atoms with Crippen LogP contribution in [0, 0.1) is 5.92 Å². The third-order valence-electron chi connectivity index (χ3n) is 6.15. The van der Waals surface area contributed by atoms with Crippen LogP contribution in [0.2, 0.25) is 0 Å². The van der Waals surface area contributed by atoms with E-state index in [0.717, 1.165) is 12.5 Å². The summed E-state index contributed by atoms with van der Waals surface area (Å²) in [5.74, 6) is 1.65. The first-order valence-corrected chi connectivity index (χ1v) is 12.8. The molecule has 0 saturated heterocycles. The van der Waals surface area contributed by atoms with Crippen LogP contribution in [-0.4, -0.2) is 18.0 Å². The number of ether oxygens (including phenoxy) is 1. The second kappa shape index (κ2) is 16.3. The van der Waals surface area contributed by atoms with Gasteiger partial charge in [0, 0.05) is 5.92 Å². The van der Waals surface area contributed by atoms with E-state index in [1.54, 1.807) is 0 Å². The predicted molar refractivity (Wildman–Crippen MR) is 125 cm³/mol. The third kappa shape index (κ3) is 12.8. The first-order chi connectivity index (χ1) is 13.6. The molecule has 0 unspecified atom stereocenters. The minimum absolute atomic E-state index is 0.00780. The SMILES string of the molecule is CCCCCCCCCCC(CCCCCCCCCC)C1=NC(C)(C)CO1. The van der Waals surface area contributed by atoms with Gasteiger partial charge in [0.15, 0.2) is 5.90 Å². The summed E-state index contributed by atoms with van der Waals surface area (Å²) in [6.45, 7) is 9.75. The zero-order valence-corrected chi connectivity index (χ0v) is 19.9. The Labute approximate surface area is 177 Å². The summed E-state index contributed by atoms with van der Waals surface area (Å²) in [7, 11) is 0. The number of nitrogens with zero attached hydrogens (tertiary/aromatic N) is 1. The molecular formula is C26H51NO. The minimum Gasteiger partial charge on any atom is -0.478 e. The zero-order valence-electron chi connectivity index (χ0n) is 19.9. The Kier molecular flexibility index (Phi) is 14.8. The molecule has 0 bridgehead atoms. The first-order valence-electron chi connectivity index (χ1n) is 12.8. The van der Waals surface area contributed by atoms with Crippen LogP contribution in [0.5, 0.6) is 0 Å². The van der Waals surface area contributed by atoms with Gasteiger partial charge < -0.3 is 4.74 Å². The van der Waals surface area contributed by atoms with Crippen molar-refractivity contribution < 1.29 is 4.74 Å². The molecule has 0 aromatic heterocycles. The molecule has 28 heavy (non-hydrogen) atoms. The molecule has 0 fully saturated rings. The van der Waals surface area contributed by atoms with E-state index < -0.39 is 0 Å². The average Bonchev–Trinajstić information content (AvgIpc) is 3.04. The highest BCUT2D eigenvalue weighted by molar-refractivity contribution is 5.80. The van der Waals surface area contributed by atoms with E-state index in [-0.39, 0.29) is 5.54 Å². The number of hydrogen-bond acceptors (Lipinski definition) is 2. The molecule has 0 spiro atoms. The molecule has 166 valence electrons. The van der Waals surface area contributed by atoms with Crippen LogP contribution in [0.25, 0.3) is 0 Å². The molecule has 0 N–H and O–H groups in total. The molecule has 0 amide bonds. The normalized spacial score (nSPS) is 15.8. The molecule has 0 aliphatic carbocycles. The van der Waals surface area contributed by atoms with Gasteiger partial charge in [-0.2, -0.15) is 0 Å². The van der Waals surface area contributed by atoms with Crippen molar-refractivity contribution in [2.75, 3.05) is 6.61 Å². The summed E-state index contributed by atoms with van der Waals surface area (Å²) in [5.41, 5.74) is -0.00780. The zero-order chi connectivity index (χ0) is 20.5. The maximum atomic E-state index is 6.03. The highest BCUT2D eigenvalue weighted by Gasteiger charge is 2.30. The fraction of sp³-hybridized carbons (Fsp3) is 0.962. The van der Waals surface area contributed by atoms with E-state index in [1.165, 1.54) is 116 Å². The second-order valence-corrected chi connectivity index (χ2v) is 9.78. The average molecular weight is 394 g/mol. The predicted octanol–water partition coefficient (Wildman–Crippen LogP) is 8.87. The molecule has 0 saturated carbocycles. The Hall–Kier alpha value is -0.530. The van der Waals surface area contributed by atoms with Crippen LogP contribution in [0.4, 0.5) is 0 Å². The van der Waals surface area contributed by atoms with Crippen molar-refractivity contribution in [3.63, 3.8) is 0 Å². The number of aliphatic imine (C=N–C) groups is 1. The molecule has 2 heteroatoms. The Balaban J connectivity index is 2.22. The van der Waals surface area contributed by atoms with E-state index >= 15 is 0 Å². The van der Waals surface area contributed by atoms with Gasteiger partial charge in [-0.05, 0) is 26.7 Å². The van der Waals surface area contributed by atoms with Crippen molar-refractivity contribution in [2.24, 2.45) is 10.9 Å². The third-order valence-corrected chi connectivity index (χ3v) is 6.15. The van der Waals surface area contributed by atoms with Crippen LogP contribution in [0.3, 0.4) is 0 Å². The molecule has 1 aliphatic rings. The lowest BCUT2D eigenvalue weighted by Gasteiger charge is -2.16. The fourth-order valence-corrected chi connectivity index (χ4v) is 4.26. The van der Waals surface area contributed by atoms with Crippen LogP contribution in [0.1, 0.15) is 143 Å². The van der Waals surface area contributed by atoms with E-state index in [1.807, 2.05) is 0 Å². The summed E-state index contributed by atoms with van der Waals surface area (Å²) in [6.07, 6.45) is 24.9. The van der Waals surface area contributed by atoms with Gasteiger partial charge in [0.25, 0.3) is 0 Å². The molecule has 0 radical (unpaired) electrons. The van der Waals surface area contributed by atoms with Crippen molar-refractivity contribution in [1.82, 2.24) is 0 Å². The van der Waals surface area contributed by atoms with Crippen molar-refractivity contribution in [1.29, 1.82) is 0 Å². The monoisotopic (exact) mass is 393 g/mol. The Morgan fingerprint density at radius 3 is 1.43 bits per heavy atom. The highest BCUT2D eigenvalue weighted by Crippen LogP contribution is 2.27. The van der Waals surface area contributed by atoms with E-state index in [2.05, 4.69) is 27.7 Å². The van der Waals surface area contributed by atoms with Crippen LogP contribution < -0.4 is 0 Å². The Morgan fingerprint density at radius 1 is 0.679 bits per heavy atom. The lowest BCUT2D eigenvalue weighted by molar-refractivity contribution is 0.259. The lowest BCUT2D eigenvalue weighted by atomic mass is 9.93. The highest BCUT2D eigenvalue weighted by atomic mass is 16.5. The van der Waals surface area contributed by atoms with E-state index in [4.69, 9.17) is 9.73 Å². The Bertz CT molecular complexity index is 368. The van der Waals surface area contributed by atoms with Crippen molar-refractivity contribution >= 4 is 5.90 Å². The van der Waals surface area contributed by atoms with Crippen molar-refractivity contribution in [3.8, 4) is 0 Å². The van der Waals surface area contributed by atoms with Gasteiger partial charge in [-0.1, -0.05) is 117 Å². The topological polar surface area (TPSA) is 21.6 Å². The summed E-state index contributed by atoms with van der Waals surface area (Å²) >= 11 is 0. The quantitative estimate of drug-likeness (QED) is 0.201. The standard InChI is InChI=1S/C26H51NO/c1-5-7-9-11-13-15-17-19-21-24(25-27-26(3,4)23-28-25)22-20-18-16-14-12-10-8-6-2/h24H,5-23H2,1-4H3. The molecule has 1 rings (SSSR count). The summed E-state index contributed by atoms with van der Waals surface area (Å²) < 4.78 is 6.03. The smallest absolute Gasteiger partial charge is 0.187 e. The molecular weight excluding hydrogens is 342 g/mol. The van der Waals surface area contributed by atoms with Gasteiger partial charge >= 0.3 is 0 Å². The molecule has 2 nitrogen and oxygen atoms in total. The fourth-order valence-electron chi connectivity index (χ4n) is 4.26. The van der Waals surface area contributed by atoms with Crippen molar-refractivity contribution in [2.45, 2.75) is 149 Å². The maximum absolute atomic E-state index is 6.03. The van der Waals surface area contributed by atoms with Crippen molar-refractivity contribution in [3.05, 3.63) is 0 Å². The molecule has 1 heterocycles. The Morgan fingerprint density at radius 2 is 1.07 bits per heavy atom. The van der Waals surface area contributed by atoms with Gasteiger partial charge in [0.1, 0.15) is 6.61 Å². The number of rotatable bonds is 19. The summed E-state index contributed by atoms with van der Waals surface area (Å²) in [6, 6.07) is 0. The van der Waals surface area contributed by atoms with Gasteiger partial charge in [-0.3, -0.25) is 0 Å². The minimum atomic E-state index is -0.00780. The largest absolute Gasteiger partial charge is 0.478 e. The number of unbranched alkanes of at least 4 members (excludes halogenated alkanes) is 14. The van der Waals surface area contributed by atoms with Crippen LogP contribution in [-0.2, 0) is 4.74 Å². The molecule has 0 atom stereocenters.